The van der Waals surface area contributed by atoms with Gasteiger partial charge in [0.15, 0.2) is 0 Å². The van der Waals surface area contributed by atoms with Crippen LogP contribution in [0.2, 0.25) is 6.04 Å². The molecule has 1 heterocycles. The van der Waals surface area contributed by atoms with E-state index >= 15 is 0 Å². The third-order valence-corrected chi connectivity index (χ3v) is 3.81. The van der Waals surface area contributed by atoms with Crippen molar-refractivity contribution in [2.45, 2.75) is 18.9 Å². The van der Waals surface area contributed by atoms with Gasteiger partial charge < -0.3 is 13.6 Å². The molecule has 0 aromatic rings. The van der Waals surface area contributed by atoms with Crippen molar-refractivity contribution in [1.29, 1.82) is 0 Å². The first kappa shape index (κ1) is 7.21. The van der Waals surface area contributed by atoms with Gasteiger partial charge in [-0.05, 0) is 12.8 Å². The van der Waals surface area contributed by atoms with Gasteiger partial charge in [-0.2, -0.15) is 0 Å². The predicted molar refractivity (Wildman–Crippen MR) is 35.0 cm³/mol. The molecule has 1 aliphatic rings. The minimum atomic E-state index is -2.61. The Balaban J connectivity index is 2.37. The van der Waals surface area contributed by atoms with E-state index in [1.54, 1.807) is 0 Å². The van der Waals surface area contributed by atoms with Crippen LogP contribution in [0.25, 0.3) is 0 Å². The molecule has 1 atom stereocenters. The molecule has 0 amide bonds. The average molecular weight is 148 g/mol. The van der Waals surface area contributed by atoms with Gasteiger partial charge in [-0.1, -0.05) is 0 Å². The Morgan fingerprint density at radius 1 is 1.56 bits per heavy atom. The quantitative estimate of drug-likeness (QED) is 0.546. The Hall–Kier alpha value is 0.0969. The Morgan fingerprint density at radius 3 is 2.67 bits per heavy atom. The molecule has 1 rings (SSSR count). The summed E-state index contributed by atoms with van der Waals surface area (Å²) < 4.78 is 9.94. The number of hydrogen-bond acceptors (Lipinski definition) is 3. The standard InChI is InChI=1S/C5H12O3Si/c1-7-9(6)5-3-2-4-8-9/h6H,2-5H2,1H3. The predicted octanol–water partition coefficient (Wildman–Crippen LogP) is 0.374. The van der Waals surface area contributed by atoms with E-state index in [4.69, 9.17) is 8.85 Å². The van der Waals surface area contributed by atoms with Gasteiger partial charge in [0, 0.05) is 19.8 Å². The largest absolute Gasteiger partial charge is 0.497 e. The smallest absolute Gasteiger partial charge is 0.390 e. The number of hydrogen-bond donors (Lipinski definition) is 1. The molecule has 9 heavy (non-hydrogen) atoms. The summed E-state index contributed by atoms with van der Waals surface area (Å²) in [6.45, 7) is 0.663. The normalized spacial score (nSPS) is 36.7. The van der Waals surface area contributed by atoms with Crippen molar-refractivity contribution >= 4 is 8.80 Å². The van der Waals surface area contributed by atoms with Crippen LogP contribution in [0, 0.1) is 0 Å². The lowest BCUT2D eigenvalue weighted by Gasteiger charge is -2.25. The third-order valence-electron chi connectivity index (χ3n) is 1.53. The van der Waals surface area contributed by atoms with Crippen molar-refractivity contribution in [1.82, 2.24) is 0 Å². The van der Waals surface area contributed by atoms with Gasteiger partial charge in [-0.3, -0.25) is 0 Å². The molecule has 54 valence electrons. The van der Waals surface area contributed by atoms with E-state index in [0.717, 1.165) is 18.9 Å². The highest BCUT2D eigenvalue weighted by atomic mass is 28.4. The van der Waals surface area contributed by atoms with Crippen molar-refractivity contribution < 1.29 is 13.6 Å². The van der Waals surface area contributed by atoms with Crippen molar-refractivity contribution in [2.24, 2.45) is 0 Å². The second-order valence-corrected chi connectivity index (χ2v) is 4.84. The third kappa shape index (κ3) is 1.75. The van der Waals surface area contributed by atoms with Crippen LogP contribution in [0.1, 0.15) is 12.8 Å². The van der Waals surface area contributed by atoms with E-state index < -0.39 is 8.80 Å². The van der Waals surface area contributed by atoms with Crippen LogP contribution in [0.5, 0.6) is 0 Å². The fourth-order valence-corrected chi connectivity index (χ4v) is 2.54. The first-order chi connectivity index (χ1) is 4.27. The fourth-order valence-electron chi connectivity index (χ4n) is 0.915. The van der Waals surface area contributed by atoms with Crippen molar-refractivity contribution in [2.75, 3.05) is 13.7 Å². The van der Waals surface area contributed by atoms with E-state index in [9.17, 15) is 4.80 Å². The molecule has 1 N–H and O–H groups in total. The Kier molecular flexibility index (Phi) is 2.23. The van der Waals surface area contributed by atoms with Gasteiger partial charge in [-0.15, -0.1) is 0 Å². The summed E-state index contributed by atoms with van der Waals surface area (Å²) >= 11 is 0. The maximum Gasteiger partial charge on any atom is 0.497 e. The van der Waals surface area contributed by atoms with Crippen molar-refractivity contribution in [3.05, 3.63) is 0 Å². The maximum atomic E-state index is 9.37. The van der Waals surface area contributed by atoms with Gasteiger partial charge >= 0.3 is 8.80 Å². The van der Waals surface area contributed by atoms with E-state index in [-0.39, 0.29) is 0 Å². The molecule has 0 radical (unpaired) electrons. The Bertz CT molecular complexity index is 90.2. The lowest BCUT2D eigenvalue weighted by molar-refractivity contribution is 0.103. The highest BCUT2D eigenvalue weighted by molar-refractivity contribution is 6.59. The molecule has 1 unspecified atom stereocenters. The molecule has 1 aliphatic heterocycles. The molecule has 1 fully saturated rings. The van der Waals surface area contributed by atoms with Gasteiger partial charge in [-0.25, -0.2) is 0 Å². The van der Waals surface area contributed by atoms with E-state index in [0.29, 0.717) is 6.61 Å². The first-order valence-electron chi connectivity index (χ1n) is 3.18. The number of rotatable bonds is 1. The molecule has 0 spiro atoms. The van der Waals surface area contributed by atoms with Crippen LogP contribution in [0.4, 0.5) is 0 Å². The lowest BCUT2D eigenvalue weighted by Crippen LogP contribution is -2.43. The zero-order chi connectivity index (χ0) is 6.74. The van der Waals surface area contributed by atoms with Crippen LogP contribution in [0.15, 0.2) is 0 Å². The van der Waals surface area contributed by atoms with Gasteiger partial charge in [0.1, 0.15) is 0 Å². The lowest BCUT2D eigenvalue weighted by atomic mass is 10.4. The molecule has 4 heteroatoms. The van der Waals surface area contributed by atoms with Gasteiger partial charge in [0.05, 0.1) is 0 Å². The van der Waals surface area contributed by atoms with Gasteiger partial charge in [0.2, 0.25) is 0 Å². The Labute approximate surface area is 56.0 Å². The molecule has 0 aromatic heterocycles. The van der Waals surface area contributed by atoms with Crippen LogP contribution in [-0.4, -0.2) is 27.3 Å². The van der Waals surface area contributed by atoms with E-state index in [2.05, 4.69) is 0 Å². The summed E-state index contributed by atoms with van der Waals surface area (Å²) in [6, 6.07) is 0.726. The van der Waals surface area contributed by atoms with Crippen LogP contribution >= 0.6 is 0 Å². The zero-order valence-electron chi connectivity index (χ0n) is 5.59. The summed E-state index contributed by atoms with van der Waals surface area (Å²) in [5.41, 5.74) is 0. The second-order valence-electron chi connectivity index (χ2n) is 2.22. The molecule has 1 saturated heterocycles. The molecule has 0 aromatic carbocycles. The summed E-state index contributed by atoms with van der Waals surface area (Å²) in [5.74, 6) is 0. The molecular weight excluding hydrogens is 136 g/mol. The SMILES string of the molecule is CO[Si]1(O)CCCCO1. The Morgan fingerprint density at radius 2 is 2.33 bits per heavy atom. The minimum Gasteiger partial charge on any atom is -0.390 e. The monoisotopic (exact) mass is 148 g/mol. The second kappa shape index (κ2) is 2.79. The zero-order valence-corrected chi connectivity index (χ0v) is 6.59. The summed E-state index contributed by atoms with van der Waals surface area (Å²) in [4.78, 5) is 9.37. The maximum absolute atomic E-state index is 9.37. The van der Waals surface area contributed by atoms with Gasteiger partial charge in [0.25, 0.3) is 0 Å². The van der Waals surface area contributed by atoms with E-state index in [1.165, 1.54) is 7.11 Å². The molecule has 0 bridgehead atoms. The average Bonchev–Trinajstić information content (AvgIpc) is 1.90. The molecule has 0 aliphatic carbocycles. The van der Waals surface area contributed by atoms with Crippen LogP contribution in [0.3, 0.4) is 0 Å². The van der Waals surface area contributed by atoms with Crippen LogP contribution < -0.4 is 0 Å². The molecule has 3 nitrogen and oxygen atoms in total. The minimum absolute atomic E-state index is 0.663. The van der Waals surface area contributed by atoms with E-state index in [1.807, 2.05) is 0 Å². The van der Waals surface area contributed by atoms with Crippen molar-refractivity contribution in [3.63, 3.8) is 0 Å². The van der Waals surface area contributed by atoms with Crippen LogP contribution in [-0.2, 0) is 8.85 Å². The summed E-state index contributed by atoms with van der Waals surface area (Å²) in [5, 5.41) is 0. The first-order valence-corrected chi connectivity index (χ1v) is 5.15. The molecular formula is C5H12O3Si. The fraction of sp³-hybridized carbons (Fsp3) is 1.00. The topological polar surface area (TPSA) is 38.7 Å². The molecule has 0 saturated carbocycles. The summed E-state index contributed by atoms with van der Waals surface area (Å²) in [6.07, 6.45) is 2.09. The van der Waals surface area contributed by atoms with Crippen molar-refractivity contribution in [3.8, 4) is 0 Å². The highest BCUT2D eigenvalue weighted by Crippen LogP contribution is 2.18. The highest BCUT2D eigenvalue weighted by Gasteiger charge is 2.37. The summed E-state index contributed by atoms with van der Waals surface area (Å²) in [7, 11) is -1.10.